The second-order valence-electron chi connectivity index (χ2n) is 7.56. The van der Waals surface area contributed by atoms with Crippen molar-refractivity contribution >= 4 is 40.6 Å². The average molecular weight is 475 g/mol. The molecular formula is C25H22N4O4S. The molecule has 0 unspecified atom stereocenters. The Morgan fingerprint density at radius 2 is 1.88 bits per heavy atom. The minimum Gasteiger partial charge on any atom is -0.455 e. The summed E-state index contributed by atoms with van der Waals surface area (Å²) in [4.78, 5) is 29.0. The molecule has 8 nitrogen and oxygen atoms in total. The van der Waals surface area contributed by atoms with Crippen LogP contribution in [0.25, 0.3) is 11.1 Å². The molecule has 0 aliphatic rings. The van der Waals surface area contributed by atoms with E-state index < -0.39 is 18.5 Å². The van der Waals surface area contributed by atoms with E-state index in [2.05, 4.69) is 16.4 Å². The van der Waals surface area contributed by atoms with Crippen LogP contribution in [0, 0.1) is 25.2 Å². The summed E-state index contributed by atoms with van der Waals surface area (Å²) in [5, 5.41) is 12.7. The van der Waals surface area contributed by atoms with Crippen molar-refractivity contribution in [1.82, 2.24) is 9.55 Å². The minimum atomic E-state index is -0.574. The number of oxazole rings is 1. The highest BCUT2D eigenvalue weighted by Crippen LogP contribution is 2.27. The topological polar surface area (TPSA) is 110 Å². The number of hydrogen-bond acceptors (Lipinski definition) is 7. The highest BCUT2D eigenvalue weighted by atomic mass is 32.2. The Kier molecular flexibility index (Phi) is 6.99. The first-order valence-corrected chi connectivity index (χ1v) is 11.5. The molecule has 0 bridgehead atoms. The number of rotatable bonds is 8. The van der Waals surface area contributed by atoms with Gasteiger partial charge >= 0.3 is 5.97 Å². The van der Waals surface area contributed by atoms with Crippen LogP contribution in [-0.4, -0.2) is 33.8 Å². The number of esters is 1. The van der Waals surface area contributed by atoms with Gasteiger partial charge in [0, 0.05) is 12.2 Å². The Morgan fingerprint density at radius 3 is 2.62 bits per heavy atom. The first kappa shape index (κ1) is 23.1. The number of amides is 1. The number of benzene rings is 2. The summed E-state index contributed by atoms with van der Waals surface area (Å²) in [7, 11) is 0. The van der Waals surface area contributed by atoms with E-state index in [9.17, 15) is 14.9 Å². The van der Waals surface area contributed by atoms with Crippen molar-refractivity contribution in [3.05, 3.63) is 77.0 Å². The second kappa shape index (κ2) is 10.3. The second-order valence-corrected chi connectivity index (χ2v) is 8.49. The van der Waals surface area contributed by atoms with E-state index in [4.69, 9.17) is 9.15 Å². The Hall–Kier alpha value is -4.03. The van der Waals surface area contributed by atoms with Crippen molar-refractivity contribution in [1.29, 1.82) is 5.26 Å². The van der Waals surface area contributed by atoms with Crippen LogP contribution in [0.2, 0.25) is 0 Å². The largest absolute Gasteiger partial charge is 0.455 e. The lowest BCUT2D eigenvalue weighted by atomic mass is 10.2. The fourth-order valence-electron chi connectivity index (χ4n) is 3.48. The van der Waals surface area contributed by atoms with E-state index in [1.807, 2.05) is 66.9 Å². The van der Waals surface area contributed by atoms with Crippen molar-refractivity contribution in [3.63, 3.8) is 0 Å². The zero-order chi connectivity index (χ0) is 24.1. The summed E-state index contributed by atoms with van der Waals surface area (Å²) in [6.45, 7) is 3.77. The lowest BCUT2D eigenvalue weighted by Gasteiger charge is -2.13. The lowest BCUT2D eigenvalue weighted by molar-refractivity contribution is -0.144. The van der Waals surface area contributed by atoms with Crippen LogP contribution >= 0.6 is 11.8 Å². The quantitative estimate of drug-likeness (QED) is 0.297. The molecule has 34 heavy (non-hydrogen) atoms. The van der Waals surface area contributed by atoms with Crippen molar-refractivity contribution in [3.8, 4) is 6.07 Å². The molecule has 2 aromatic heterocycles. The van der Waals surface area contributed by atoms with Gasteiger partial charge in [0.1, 0.15) is 23.2 Å². The van der Waals surface area contributed by atoms with E-state index >= 15 is 0 Å². The molecule has 0 saturated heterocycles. The summed E-state index contributed by atoms with van der Waals surface area (Å²) >= 11 is 1.09. The zero-order valence-electron chi connectivity index (χ0n) is 18.7. The lowest BCUT2D eigenvalue weighted by Crippen LogP contribution is -2.23. The maximum absolute atomic E-state index is 12.6. The maximum atomic E-state index is 12.6. The molecule has 0 spiro atoms. The number of fused-ring (bicyclic) bond motifs is 1. The predicted molar refractivity (Wildman–Crippen MR) is 128 cm³/mol. The number of nitrogens with one attached hydrogen (secondary N) is 1. The number of carbonyl (C=O) groups is 2. The fourth-order valence-corrected chi connectivity index (χ4v) is 4.12. The van der Waals surface area contributed by atoms with Gasteiger partial charge in [-0.25, -0.2) is 4.98 Å². The van der Waals surface area contributed by atoms with E-state index in [0.717, 1.165) is 28.6 Å². The molecule has 0 fully saturated rings. The van der Waals surface area contributed by atoms with Gasteiger partial charge in [0.25, 0.3) is 11.1 Å². The van der Waals surface area contributed by atoms with Gasteiger partial charge in [0.05, 0.1) is 5.56 Å². The molecule has 2 heterocycles. The minimum absolute atomic E-state index is 0.0495. The molecule has 0 saturated carbocycles. The third-order valence-electron chi connectivity index (χ3n) is 5.33. The molecule has 172 valence electrons. The summed E-state index contributed by atoms with van der Waals surface area (Å²) in [6, 6.07) is 19.2. The molecule has 0 aliphatic carbocycles. The van der Waals surface area contributed by atoms with Crippen molar-refractivity contribution < 1.29 is 18.7 Å². The number of para-hydroxylation sites is 2. The number of anilines is 1. The third kappa shape index (κ3) is 5.13. The van der Waals surface area contributed by atoms with Crippen LogP contribution in [-0.2, 0) is 20.9 Å². The van der Waals surface area contributed by atoms with E-state index in [-0.39, 0.29) is 5.75 Å². The molecule has 9 heteroatoms. The van der Waals surface area contributed by atoms with Gasteiger partial charge in [0.2, 0.25) is 0 Å². The highest BCUT2D eigenvalue weighted by molar-refractivity contribution is 7.99. The number of hydrogen-bond donors (Lipinski definition) is 1. The smallest absolute Gasteiger partial charge is 0.316 e. The molecule has 2 aromatic carbocycles. The number of ether oxygens (including phenoxy) is 1. The van der Waals surface area contributed by atoms with Crippen LogP contribution in [0.1, 0.15) is 22.4 Å². The number of nitriles is 1. The molecule has 4 aromatic rings. The van der Waals surface area contributed by atoms with Gasteiger partial charge in [-0.3, -0.25) is 9.59 Å². The van der Waals surface area contributed by atoms with Gasteiger partial charge in [-0.2, -0.15) is 5.26 Å². The highest BCUT2D eigenvalue weighted by Gasteiger charge is 2.20. The van der Waals surface area contributed by atoms with Crippen LogP contribution in [0.3, 0.4) is 0 Å². The van der Waals surface area contributed by atoms with Crippen LogP contribution in [0.4, 0.5) is 5.82 Å². The van der Waals surface area contributed by atoms with Crippen molar-refractivity contribution in [2.45, 2.75) is 25.6 Å². The Balaban J connectivity index is 1.37. The molecule has 0 aliphatic heterocycles. The van der Waals surface area contributed by atoms with Gasteiger partial charge in [-0.15, -0.1) is 0 Å². The number of thioether (sulfide) groups is 1. The molecule has 1 N–H and O–H groups in total. The van der Waals surface area contributed by atoms with Gasteiger partial charge < -0.3 is 19.0 Å². The fraction of sp³-hybridized carbons (Fsp3) is 0.200. The molecule has 4 rings (SSSR count). The van der Waals surface area contributed by atoms with Crippen LogP contribution in [0.5, 0.6) is 0 Å². The van der Waals surface area contributed by atoms with Gasteiger partial charge in [0.15, 0.2) is 12.2 Å². The molecule has 1 amide bonds. The number of aromatic nitrogens is 2. The zero-order valence-corrected chi connectivity index (χ0v) is 19.5. The van der Waals surface area contributed by atoms with Crippen LogP contribution < -0.4 is 5.32 Å². The van der Waals surface area contributed by atoms with Gasteiger partial charge in [-0.1, -0.05) is 54.2 Å². The van der Waals surface area contributed by atoms with E-state index in [0.29, 0.717) is 34.2 Å². The summed E-state index contributed by atoms with van der Waals surface area (Å²) in [6.07, 6.45) is 0. The van der Waals surface area contributed by atoms with E-state index in [1.54, 1.807) is 6.07 Å². The molecule has 0 radical (unpaired) electrons. The standard InChI is InChI=1S/C25H22N4O4S/c1-16-17(2)29(13-18-8-4-3-5-9-18)24(19(16)12-26)28-22(30)14-32-23(31)15-34-25-27-20-10-6-7-11-21(20)33-25/h3-11H,13-15H2,1-2H3,(H,28,30). The predicted octanol–water partition coefficient (Wildman–Crippen LogP) is 4.44. The van der Waals surface area contributed by atoms with Crippen LogP contribution in [0.15, 0.2) is 64.2 Å². The van der Waals surface area contributed by atoms with Crippen molar-refractivity contribution in [2.24, 2.45) is 0 Å². The summed E-state index contributed by atoms with van der Waals surface area (Å²) < 4.78 is 12.5. The summed E-state index contributed by atoms with van der Waals surface area (Å²) in [5.41, 5.74) is 4.43. The number of carbonyl (C=O) groups excluding carboxylic acids is 2. The SMILES string of the molecule is Cc1c(C#N)c(NC(=O)COC(=O)CSc2nc3ccccc3o2)n(Cc2ccccc2)c1C. The van der Waals surface area contributed by atoms with Crippen molar-refractivity contribution in [2.75, 3.05) is 17.7 Å². The Labute approximate surface area is 200 Å². The number of nitrogens with zero attached hydrogens (tertiary/aromatic N) is 3. The maximum Gasteiger partial charge on any atom is 0.316 e. The van der Waals surface area contributed by atoms with Gasteiger partial charge in [-0.05, 0) is 37.1 Å². The monoisotopic (exact) mass is 474 g/mol. The first-order valence-electron chi connectivity index (χ1n) is 10.5. The normalized spacial score (nSPS) is 10.7. The first-order chi connectivity index (χ1) is 16.5. The Bertz CT molecular complexity index is 1350. The Morgan fingerprint density at radius 1 is 1.15 bits per heavy atom. The molecule has 0 atom stereocenters. The van der Waals surface area contributed by atoms with E-state index in [1.165, 1.54) is 0 Å². The average Bonchev–Trinajstić information content (AvgIpc) is 3.36. The summed E-state index contributed by atoms with van der Waals surface area (Å²) in [5.74, 6) is -0.756. The third-order valence-corrected chi connectivity index (χ3v) is 6.14. The molecular weight excluding hydrogens is 452 g/mol.